The molecule has 23 heavy (non-hydrogen) atoms. The van der Waals surface area contributed by atoms with E-state index in [1.807, 2.05) is 25.1 Å². The first-order valence-corrected chi connectivity index (χ1v) is 8.52. The van der Waals surface area contributed by atoms with Crippen molar-refractivity contribution in [2.45, 2.75) is 33.1 Å². The molecule has 4 heteroatoms. The zero-order valence-electron chi connectivity index (χ0n) is 13.9. The molecule has 1 heterocycles. The maximum Gasteiger partial charge on any atom is 0.204 e. The maximum absolute atomic E-state index is 4.53. The van der Waals surface area contributed by atoms with Gasteiger partial charge in [-0.2, -0.15) is 5.10 Å². The highest BCUT2D eigenvalue weighted by atomic mass is 32.1. The number of fused-ring (bicyclic) bond motifs is 1. The van der Waals surface area contributed by atoms with Gasteiger partial charge in [-0.15, -0.1) is 0 Å². The predicted molar refractivity (Wildman–Crippen MR) is 101 cm³/mol. The fourth-order valence-electron chi connectivity index (χ4n) is 2.33. The van der Waals surface area contributed by atoms with Crippen molar-refractivity contribution in [2.75, 3.05) is 5.43 Å². The zero-order chi connectivity index (χ0) is 16.4. The minimum Gasteiger partial charge on any atom is -0.252 e. The first-order valence-electron chi connectivity index (χ1n) is 7.70. The molecule has 0 bridgehead atoms. The van der Waals surface area contributed by atoms with Gasteiger partial charge < -0.3 is 0 Å². The number of anilines is 1. The lowest BCUT2D eigenvalue weighted by molar-refractivity contribution is 0.590. The van der Waals surface area contributed by atoms with E-state index in [4.69, 9.17) is 0 Å². The van der Waals surface area contributed by atoms with Gasteiger partial charge in [0.05, 0.1) is 15.9 Å². The summed E-state index contributed by atoms with van der Waals surface area (Å²) < 4.78 is 1.16. The normalized spacial score (nSPS) is 12.6. The van der Waals surface area contributed by atoms with Crippen molar-refractivity contribution in [2.24, 2.45) is 5.10 Å². The van der Waals surface area contributed by atoms with Crippen molar-refractivity contribution in [3.05, 3.63) is 59.7 Å². The smallest absolute Gasteiger partial charge is 0.204 e. The summed E-state index contributed by atoms with van der Waals surface area (Å²) in [5.41, 5.74) is 7.64. The van der Waals surface area contributed by atoms with Gasteiger partial charge in [0.1, 0.15) is 0 Å². The van der Waals surface area contributed by atoms with E-state index in [1.165, 1.54) is 5.56 Å². The highest BCUT2D eigenvalue weighted by Crippen LogP contribution is 2.25. The van der Waals surface area contributed by atoms with Gasteiger partial charge in [-0.05, 0) is 35.6 Å². The molecule has 1 aromatic heterocycles. The van der Waals surface area contributed by atoms with Crippen LogP contribution >= 0.6 is 11.3 Å². The standard InChI is InChI=1S/C19H21N3S/c1-13(14-9-11-15(12-10-14)19(2,3)4)21-22-18-20-16-7-5-6-8-17(16)23-18/h5-12H,1-4H3,(H,20,22). The van der Waals surface area contributed by atoms with Crippen molar-refractivity contribution in [3.8, 4) is 0 Å². The summed E-state index contributed by atoms with van der Waals surface area (Å²) in [5.74, 6) is 0. The van der Waals surface area contributed by atoms with Crippen LogP contribution < -0.4 is 5.43 Å². The quantitative estimate of drug-likeness (QED) is 0.515. The van der Waals surface area contributed by atoms with Crippen molar-refractivity contribution in [3.63, 3.8) is 0 Å². The molecule has 3 nitrogen and oxygen atoms in total. The molecule has 0 saturated heterocycles. The second-order valence-electron chi connectivity index (χ2n) is 6.62. The molecule has 0 amide bonds. The predicted octanol–water partition coefficient (Wildman–Crippen LogP) is 5.43. The SMILES string of the molecule is CC(=NNc1nc2ccccc2s1)c1ccc(C(C)(C)C)cc1. The molecule has 3 aromatic rings. The van der Waals surface area contributed by atoms with Crippen molar-refractivity contribution < 1.29 is 0 Å². The summed E-state index contributed by atoms with van der Waals surface area (Å²) in [6.07, 6.45) is 0. The number of nitrogens with one attached hydrogen (secondary N) is 1. The van der Waals surface area contributed by atoms with E-state index in [2.05, 4.69) is 66.6 Å². The number of para-hydroxylation sites is 1. The average molecular weight is 323 g/mol. The molecule has 0 fully saturated rings. The Morgan fingerprint density at radius 1 is 1.04 bits per heavy atom. The van der Waals surface area contributed by atoms with Gasteiger partial charge in [0.2, 0.25) is 5.13 Å². The van der Waals surface area contributed by atoms with Gasteiger partial charge in [0.25, 0.3) is 0 Å². The summed E-state index contributed by atoms with van der Waals surface area (Å²) in [7, 11) is 0. The maximum atomic E-state index is 4.53. The van der Waals surface area contributed by atoms with Gasteiger partial charge in [-0.25, -0.2) is 4.98 Å². The number of hydrazone groups is 1. The lowest BCUT2D eigenvalue weighted by Crippen LogP contribution is -2.11. The number of nitrogens with zero attached hydrogens (tertiary/aromatic N) is 2. The third kappa shape index (κ3) is 3.59. The van der Waals surface area contributed by atoms with Crippen LogP contribution in [0.5, 0.6) is 0 Å². The molecule has 3 rings (SSSR count). The van der Waals surface area contributed by atoms with Crippen LogP contribution in [-0.2, 0) is 5.41 Å². The number of rotatable bonds is 3. The van der Waals surface area contributed by atoms with Crippen molar-refractivity contribution in [1.82, 2.24) is 4.98 Å². The molecule has 0 radical (unpaired) electrons. The highest BCUT2D eigenvalue weighted by molar-refractivity contribution is 7.22. The molecule has 0 aliphatic carbocycles. The third-order valence-corrected chi connectivity index (χ3v) is 4.72. The molecule has 0 unspecified atom stereocenters. The second-order valence-corrected chi connectivity index (χ2v) is 7.65. The Bertz CT molecular complexity index is 806. The highest BCUT2D eigenvalue weighted by Gasteiger charge is 2.13. The largest absolute Gasteiger partial charge is 0.252 e. The molecule has 2 aromatic carbocycles. The fraction of sp³-hybridized carbons (Fsp3) is 0.263. The molecule has 1 N–H and O–H groups in total. The summed E-state index contributed by atoms with van der Waals surface area (Å²) in [6, 6.07) is 16.7. The van der Waals surface area contributed by atoms with Gasteiger partial charge in [0, 0.05) is 0 Å². The Labute approximate surface area is 141 Å². The monoisotopic (exact) mass is 323 g/mol. The summed E-state index contributed by atoms with van der Waals surface area (Å²) in [6.45, 7) is 8.67. The van der Waals surface area contributed by atoms with Crippen LogP contribution in [0.4, 0.5) is 5.13 Å². The van der Waals surface area contributed by atoms with Crippen molar-refractivity contribution >= 4 is 32.4 Å². The first-order chi connectivity index (χ1) is 10.9. The lowest BCUT2D eigenvalue weighted by atomic mass is 9.86. The molecular formula is C19H21N3S. The minimum atomic E-state index is 0.169. The molecule has 0 atom stereocenters. The van der Waals surface area contributed by atoms with Crippen LogP contribution in [0, 0.1) is 0 Å². The Balaban J connectivity index is 1.76. The molecule has 0 saturated carbocycles. The average Bonchev–Trinajstić information content (AvgIpc) is 2.95. The van der Waals surface area contributed by atoms with Gasteiger partial charge in [-0.3, -0.25) is 5.43 Å². The van der Waals surface area contributed by atoms with Crippen LogP contribution in [0.25, 0.3) is 10.2 Å². The van der Waals surface area contributed by atoms with E-state index < -0.39 is 0 Å². The van der Waals surface area contributed by atoms with Gasteiger partial charge >= 0.3 is 0 Å². The number of hydrogen-bond donors (Lipinski definition) is 1. The van der Waals surface area contributed by atoms with E-state index in [1.54, 1.807) is 11.3 Å². The Morgan fingerprint density at radius 2 is 1.74 bits per heavy atom. The summed E-state index contributed by atoms with van der Waals surface area (Å²) in [5, 5.41) is 5.28. The number of hydrogen-bond acceptors (Lipinski definition) is 4. The topological polar surface area (TPSA) is 37.3 Å². The van der Waals surface area contributed by atoms with E-state index in [0.29, 0.717) is 0 Å². The number of aromatic nitrogens is 1. The van der Waals surface area contributed by atoms with E-state index in [-0.39, 0.29) is 5.41 Å². The summed E-state index contributed by atoms with van der Waals surface area (Å²) >= 11 is 1.61. The fourth-order valence-corrected chi connectivity index (χ4v) is 3.14. The Kier molecular flexibility index (Phi) is 4.18. The zero-order valence-corrected chi connectivity index (χ0v) is 14.7. The third-order valence-electron chi connectivity index (χ3n) is 3.78. The van der Waals surface area contributed by atoms with Gasteiger partial charge in [-0.1, -0.05) is 68.5 Å². The Hall–Kier alpha value is -2.20. The number of thiazole rings is 1. The molecular weight excluding hydrogens is 302 g/mol. The number of benzene rings is 2. The van der Waals surface area contributed by atoms with E-state index in [0.717, 1.165) is 26.6 Å². The van der Waals surface area contributed by atoms with E-state index in [9.17, 15) is 0 Å². The molecule has 0 aliphatic rings. The molecule has 0 aliphatic heterocycles. The van der Waals surface area contributed by atoms with Crippen LogP contribution in [-0.4, -0.2) is 10.7 Å². The summed E-state index contributed by atoms with van der Waals surface area (Å²) in [4.78, 5) is 4.53. The van der Waals surface area contributed by atoms with Crippen molar-refractivity contribution in [1.29, 1.82) is 0 Å². The van der Waals surface area contributed by atoms with Crippen LogP contribution in [0.1, 0.15) is 38.8 Å². The second kappa shape index (κ2) is 6.13. The van der Waals surface area contributed by atoms with Gasteiger partial charge in [0.15, 0.2) is 0 Å². The molecule has 118 valence electrons. The van der Waals surface area contributed by atoms with Crippen LogP contribution in [0.3, 0.4) is 0 Å². The Morgan fingerprint density at radius 3 is 2.39 bits per heavy atom. The minimum absolute atomic E-state index is 0.169. The molecule has 0 spiro atoms. The van der Waals surface area contributed by atoms with Crippen LogP contribution in [0.2, 0.25) is 0 Å². The van der Waals surface area contributed by atoms with Crippen LogP contribution in [0.15, 0.2) is 53.6 Å². The van der Waals surface area contributed by atoms with E-state index >= 15 is 0 Å². The first kappa shape index (κ1) is 15.7. The lowest BCUT2D eigenvalue weighted by Gasteiger charge is -2.19.